The Morgan fingerprint density at radius 3 is 2.80 bits per heavy atom. The van der Waals surface area contributed by atoms with Crippen LogP contribution in [0.25, 0.3) is 0 Å². The van der Waals surface area contributed by atoms with Crippen LogP contribution in [0.1, 0.15) is 25.2 Å². The number of hydrogen-bond donors (Lipinski definition) is 0. The van der Waals surface area contributed by atoms with Crippen LogP contribution in [0.2, 0.25) is 0 Å². The van der Waals surface area contributed by atoms with Crippen LogP contribution in [-0.4, -0.2) is 63.4 Å². The molecule has 0 aromatic carbocycles. The van der Waals surface area contributed by atoms with Gasteiger partial charge in [0.1, 0.15) is 5.82 Å². The Kier molecular flexibility index (Phi) is 5.10. The third-order valence-corrected chi connectivity index (χ3v) is 5.15. The summed E-state index contributed by atoms with van der Waals surface area (Å²) >= 11 is 1.65. The van der Waals surface area contributed by atoms with E-state index in [1.165, 1.54) is 0 Å². The molecule has 20 heavy (non-hydrogen) atoms. The maximum absolute atomic E-state index is 12.5. The van der Waals surface area contributed by atoms with Gasteiger partial charge >= 0.3 is 0 Å². The summed E-state index contributed by atoms with van der Waals surface area (Å²) in [7, 11) is 4.11. The molecular formula is C14H24N4OS. The minimum Gasteiger partial charge on any atom is -0.338 e. The van der Waals surface area contributed by atoms with Gasteiger partial charge in [0, 0.05) is 39.1 Å². The van der Waals surface area contributed by atoms with Gasteiger partial charge in [-0.25, -0.2) is 4.98 Å². The molecule has 2 atom stereocenters. The first-order valence-corrected chi connectivity index (χ1v) is 8.36. The number of amides is 1. The van der Waals surface area contributed by atoms with Crippen molar-refractivity contribution in [2.45, 2.75) is 24.6 Å². The van der Waals surface area contributed by atoms with E-state index in [0.717, 1.165) is 31.9 Å². The summed E-state index contributed by atoms with van der Waals surface area (Å²) in [5, 5.41) is 0.0837. The van der Waals surface area contributed by atoms with Gasteiger partial charge in [-0.1, -0.05) is 6.92 Å². The lowest BCUT2D eigenvalue weighted by atomic mass is 10.1. The summed E-state index contributed by atoms with van der Waals surface area (Å²) in [6.07, 6.45) is 6.68. The van der Waals surface area contributed by atoms with Gasteiger partial charge in [-0.15, -0.1) is 0 Å². The molecule has 0 saturated carbocycles. The predicted octanol–water partition coefficient (Wildman–Crippen LogP) is 1.38. The van der Waals surface area contributed by atoms with Gasteiger partial charge in [-0.05, 0) is 19.7 Å². The number of likely N-dealkylation sites (N-methyl/N-ethyl adjacent to an activating group) is 1. The summed E-state index contributed by atoms with van der Waals surface area (Å²) < 4.78 is 2.04. The number of nitrogens with zero attached hydrogens (tertiary/aromatic N) is 4. The second-order valence-electron chi connectivity index (χ2n) is 5.31. The first kappa shape index (κ1) is 15.4. The highest BCUT2D eigenvalue weighted by Crippen LogP contribution is 2.24. The molecule has 1 aliphatic rings. The van der Waals surface area contributed by atoms with E-state index in [2.05, 4.69) is 23.9 Å². The average molecular weight is 296 g/mol. The van der Waals surface area contributed by atoms with Crippen LogP contribution < -0.4 is 0 Å². The predicted molar refractivity (Wildman–Crippen MR) is 82.8 cm³/mol. The lowest BCUT2D eigenvalue weighted by Gasteiger charge is -2.40. The van der Waals surface area contributed by atoms with E-state index >= 15 is 0 Å². The van der Waals surface area contributed by atoms with E-state index in [4.69, 9.17) is 0 Å². The molecule has 0 radical (unpaired) electrons. The maximum atomic E-state index is 12.5. The van der Waals surface area contributed by atoms with Crippen LogP contribution in [-0.2, 0) is 11.8 Å². The summed E-state index contributed by atoms with van der Waals surface area (Å²) in [5.74, 6) is 1.30. The van der Waals surface area contributed by atoms with E-state index in [1.807, 2.05) is 35.2 Å². The molecule has 0 aliphatic carbocycles. The number of thioether (sulfide) groups is 1. The molecule has 2 heterocycles. The van der Waals surface area contributed by atoms with Crippen LogP contribution in [0.5, 0.6) is 0 Å². The fraction of sp³-hybridized carbons (Fsp3) is 0.714. The fourth-order valence-corrected chi connectivity index (χ4v) is 3.38. The third kappa shape index (κ3) is 3.01. The van der Waals surface area contributed by atoms with Gasteiger partial charge in [-0.3, -0.25) is 9.69 Å². The number of aryl methyl sites for hydroxylation is 1. The van der Waals surface area contributed by atoms with E-state index in [9.17, 15) is 4.79 Å². The summed E-state index contributed by atoms with van der Waals surface area (Å²) in [5.41, 5.74) is 0. The zero-order valence-corrected chi connectivity index (χ0v) is 13.6. The van der Waals surface area contributed by atoms with Gasteiger partial charge < -0.3 is 9.47 Å². The van der Waals surface area contributed by atoms with Crippen LogP contribution >= 0.6 is 11.8 Å². The summed E-state index contributed by atoms with van der Waals surface area (Å²) in [6.45, 7) is 4.52. The van der Waals surface area contributed by atoms with Gasteiger partial charge in [0.2, 0.25) is 5.91 Å². The first-order chi connectivity index (χ1) is 9.58. The van der Waals surface area contributed by atoms with Crippen molar-refractivity contribution in [1.29, 1.82) is 0 Å². The lowest BCUT2D eigenvalue weighted by molar-refractivity contribution is -0.133. The Morgan fingerprint density at radius 2 is 2.25 bits per heavy atom. The molecule has 1 aromatic heterocycles. The van der Waals surface area contributed by atoms with Crippen molar-refractivity contribution in [3.8, 4) is 0 Å². The van der Waals surface area contributed by atoms with E-state index in [0.29, 0.717) is 0 Å². The Bertz CT molecular complexity index is 458. The molecule has 5 nitrogen and oxygen atoms in total. The average Bonchev–Trinajstić information content (AvgIpc) is 2.86. The van der Waals surface area contributed by atoms with E-state index < -0.39 is 0 Å². The zero-order valence-electron chi connectivity index (χ0n) is 12.7. The molecule has 1 saturated heterocycles. The van der Waals surface area contributed by atoms with E-state index in [1.54, 1.807) is 11.8 Å². The molecule has 112 valence electrons. The van der Waals surface area contributed by atoms with Crippen molar-refractivity contribution >= 4 is 17.7 Å². The molecular weight excluding hydrogens is 272 g/mol. The Balaban J connectivity index is 2.12. The standard InChI is InChI=1S/C14H24N4OS/c1-5-12(20-4)14(19)18-9-8-16(2)11(10-18)13-15-6-7-17(13)3/h6-7,11-12H,5,8-10H2,1-4H3/t11-,12-/m1/s1. The minimum atomic E-state index is 0.0837. The van der Waals surface area contributed by atoms with Crippen molar-refractivity contribution in [3.05, 3.63) is 18.2 Å². The second kappa shape index (κ2) is 6.63. The Hall–Kier alpha value is -1.01. The highest BCUT2D eigenvalue weighted by Gasteiger charge is 2.32. The Labute approximate surface area is 125 Å². The molecule has 0 N–H and O–H groups in total. The molecule has 0 unspecified atom stereocenters. The number of imidazole rings is 1. The maximum Gasteiger partial charge on any atom is 0.235 e. The second-order valence-corrected chi connectivity index (χ2v) is 6.35. The highest BCUT2D eigenvalue weighted by molar-refractivity contribution is 7.99. The van der Waals surface area contributed by atoms with Gasteiger partial charge in [0.15, 0.2) is 0 Å². The minimum absolute atomic E-state index is 0.0837. The summed E-state index contributed by atoms with van der Waals surface area (Å²) in [4.78, 5) is 21.3. The van der Waals surface area contributed by atoms with Gasteiger partial charge in [-0.2, -0.15) is 11.8 Å². The SMILES string of the molecule is CC[C@@H](SC)C(=O)N1CCN(C)[C@@H](c2nccn2C)C1. The smallest absolute Gasteiger partial charge is 0.235 e. The number of hydrogen-bond acceptors (Lipinski definition) is 4. The number of piperazine rings is 1. The number of aromatic nitrogens is 2. The first-order valence-electron chi connectivity index (χ1n) is 7.07. The highest BCUT2D eigenvalue weighted by atomic mass is 32.2. The topological polar surface area (TPSA) is 41.4 Å². The third-order valence-electron chi connectivity index (χ3n) is 4.05. The van der Waals surface area contributed by atoms with Gasteiger partial charge in [0.05, 0.1) is 11.3 Å². The number of carbonyl (C=O) groups excluding carboxylic acids is 1. The van der Waals surface area contributed by atoms with Crippen molar-refractivity contribution in [2.24, 2.45) is 7.05 Å². The van der Waals surface area contributed by atoms with Crippen LogP contribution in [0, 0.1) is 0 Å². The van der Waals surface area contributed by atoms with Crippen LogP contribution in [0.15, 0.2) is 12.4 Å². The molecule has 1 fully saturated rings. The quantitative estimate of drug-likeness (QED) is 0.842. The largest absolute Gasteiger partial charge is 0.338 e. The van der Waals surface area contributed by atoms with Crippen LogP contribution in [0.3, 0.4) is 0 Å². The van der Waals surface area contributed by atoms with Crippen molar-refractivity contribution in [2.75, 3.05) is 32.9 Å². The number of rotatable bonds is 4. The molecule has 2 rings (SSSR count). The van der Waals surface area contributed by atoms with Crippen molar-refractivity contribution in [3.63, 3.8) is 0 Å². The van der Waals surface area contributed by atoms with E-state index in [-0.39, 0.29) is 17.2 Å². The number of carbonyl (C=O) groups is 1. The lowest BCUT2D eigenvalue weighted by Crippen LogP contribution is -2.51. The van der Waals surface area contributed by atoms with Crippen LogP contribution in [0.4, 0.5) is 0 Å². The molecule has 6 heteroatoms. The van der Waals surface area contributed by atoms with Gasteiger partial charge in [0.25, 0.3) is 0 Å². The molecule has 1 aromatic rings. The normalized spacial score (nSPS) is 22.0. The molecule has 1 amide bonds. The fourth-order valence-electron chi connectivity index (χ4n) is 2.70. The monoisotopic (exact) mass is 296 g/mol. The molecule has 0 spiro atoms. The molecule has 0 bridgehead atoms. The van der Waals surface area contributed by atoms with Crippen molar-refractivity contribution in [1.82, 2.24) is 19.4 Å². The molecule has 1 aliphatic heterocycles. The zero-order chi connectivity index (χ0) is 14.7. The van der Waals surface area contributed by atoms with Crippen molar-refractivity contribution < 1.29 is 4.79 Å². The Morgan fingerprint density at radius 1 is 1.50 bits per heavy atom. The summed E-state index contributed by atoms with van der Waals surface area (Å²) in [6, 6.07) is 0.187.